The second kappa shape index (κ2) is 8.46. The third kappa shape index (κ3) is 3.95. The van der Waals surface area contributed by atoms with E-state index in [1.165, 1.54) is 0 Å². The average molecular weight is 407 g/mol. The Morgan fingerprint density at radius 3 is 2.33 bits per heavy atom. The van der Waals surface area contributed by atoms with Crippen molar-refractivity contribution >= 4 is 29.3 Å². The highest BCUT2D eigenvalue weighted by Crippen LogP contribution is 2.22. The molecule has 1 fully saturated rings. The van der Waals surface area contributed by atoms with Crippen LogP contribution in [0.5, 0.6) is 0 Å². The van der Waals surface area contributed by atoms with Gasteiger partial charge in [0.25, 0.3) is 17.7 Å². The third-order valence-corrected chi connectivity index (χ3v) is 5.14. The van der Waals surface area contributed by atoms with E-state index in [2.05, 4.69) is 10.6 Å². The van der Waals surface area contributed by atoms with Gasteiger partial charge in [-0.2, -0.15) is 0 Å². The third-order valence-electron chi connectivity index (χ3n) is 5.14. The molecule has 0 saturated carbocycles. The lowest BCUT2D eigenvalue weighted by molar-refractivity contribution is -0.116. The Kier molecular flexibility index (Phi) is 5.58. The smallest absolute Gasteiger partial charge is 0.262 e. The van der Waals surface area contributed by atoms with Crippen LogP contribution in [-0.2, 0) is 9.53 Å². The van der Waals surface area contributed by atoms with Crippen molar-refractivity contribution in [2.24, 2.45) is 0 Å². The number of rotatable bonds is 6. The Balaban J connectivity index is 1.41. The fourth-order valence-corrected chi connectivity index (χ4v) is 3.61. The summed E-state index contributed by atoms with van der Waals surface area (Å²) < 4.78 is 5.50. The first kappa shape index (κ1) is 19.8. The van der Waals surface area contributed by atoms with Crippen LogP contribution in [0, 0.1) is 0 Å². The molecule has 2 heterocycles. The number of fused-ring (bicyclic) bond motifs is 1. The highest BCUT2D eigenvalue weighted by molar-refractivity contribution is 6.22. The number of benzene rings is 2. The minimum absolute atomic E-state index is 0.00419. The first-order chi connectivity index (χ1) is 14.5. The van der Waals surface area contributed by atoms with Gasteiger partial charge in [0.1, 0.15) is 6.54 Å². The number of nitrogens with zero attached hydrogens (tertiary/aromatic N) is 1. The van der Waals surface area contributed by atoms with E-state index in [0.29, 0.717) is 24.4 Å². The van der Waals surface area contributed by atoms with Crippen molar-refractivity contribution in [1.82, 2.24) is 10.2 Å². The molecule has 4 rings (SSSR count). The molecule has 0 radical (unpaired) electrons. The summed E-state index contributed by atoms with van der Waals surface area (Å²) >= 11 is 0. The maximum absolute atomic E-state index is 12.6. The van der Waals surface area contributed by atoms with E-state index in [1.807, 2.05) is 0 Å². The number of carbonyl (C=O) groups is 4. The van der Waals surface area contributed by atoms with Gasteiger partial charge in [-0.3, -0.25) is 24.1 Å². The van der Waals surface area contributed by atoms with Crippen LogP contribution in [0.4, 0.5) is 5.69 Å². The molecule has 154 valence electrons. The molecule has 0 spiro atoms. The van der Waals surface area contributed by atoms with Crippen molar-refractivity contribution in [2.45, 2.75) is 18.9 Å². The first-order valence-corrected chi connectivity index (χ1v) is 9.78. The van der Waals surface area contributed by atoms with E-state index in [9.17, 15) is 19.2 Å². The van der Waals surface area contributed by atoms with Gasteiger partial charge in [-0.25, -0.2) is 0 Å². The van der Waals surface area contributed by atoms with Gasteiger partial charge in [0.05, 0.1) is 28.5 Å². The fourth-order valence-electron chi connectivity index (χ4n) is 3.61. The molecular formula is C22H21N3O5. The van der Waals surface area contributed by atoms with Crippen molar-refractivity contribution in [3.8, 4) is 0 Å². The second-order valence-electron chi connectivity index (χ2n) is 7.18. The van der Waals surface area contributed by atoms with Crippen LogP contribution in [0.3, 0.4) is 0 Å². The molecule has 2 aromatic rings. The molecule has 4 amide bonds. The molecule has 0 aliphatic carbocycles. The zero-order chi connectivity index (χ0) is 21.1. The molecule has 30 heavy (non-hydrogen) atoms. The Labute approximate surface area is 173 Å². The number of carbonyl (C=O) groups excluding carboxylic acids is 4. The molecule has 8 heteroatoms. The molecular weight excluding hydrogens is 386 g/mol. The van der Waals surface area contributed by atoms with Crippen LogP contribution in [0.15, 0.2) is 48.5 Å². The Morgan fingerprint density at radius 2 is 1.67 bits per heavy atom. The number of anilines is 1. The predicted molar refractivity (Wildman–Crippen MR) is 108 cm³/mol. The lowest BCUT2D eigenvalue weighted by Crippen LogP contribution is -2.38. The van der Waals surface area contributed by atoms with E-state index in [0.717, 1.165) is 17.7 Å². The summed E-state index contributed by atoms with van der Waals surface area (Å²) in [5.74, 6) is -1.91. The zero-order valence-corrected chi connectivity index (χ0v) is 16.2. The molecule has 8 nitrogen and oxygen atoms in total. The first-order valence-electron chi connectivity index (χ1n) is 9.78. The number of para-hydroxylation sites is 1. The average Bonchev–Trinajstić information content (AvgIpc) is 3.36. The van der Waals surface area contributed by atoms with Gasteiger partial charge >= 0.3 is 0 Å². The lowest BCUT2D eigenvalue weighted by atomic mass is 10.1. The largest absolute Gasteiger partial charge is 0.376 e. The van der Waals surface area contributed by atoms with Gasteiger partial charge in [0.2, 0.25) is 5.91 Å². The van der Waals surface area contributed by atoms with Crippen LogP contribution in [-0.4, -0.2) is 54.3 Å². The molecule has 0 bridgehead atoms. The Bertz CT molecular complexity index is 978. The van der Waals surface area contributed by atoms with E-state index in [4.69, 9.17) is 4.74 Å². The number of nitrogens with one attached hydrogen (secondary N) is 2. The minimum atomic E-state index is -0.566. The SMILES string of the molecule is O=C(CN1C(=O)c2ccccc2C1=O)Nc1ccccc1C(=O)NCC1CCCO1. The maximum atomic E-state index is 12.6. The summed E-state index contributed by atoms with van der Waals surface area (Å²) in [5.41, 5.74) is 1.17. The summed E-state index contributed by atoms with van der Waals surface area (Å²) in [5, 5.41) is 5.46. The van der Waals surface area contributed by atoms with Gasteiger partial charge in [0, 0.05) is 13.2 Å². The van der Waals surface area contributed by atoms with Gasteiger partial charge < -0.3 is 15.4 Å². The molecule has 0 aromatic heterocycles. The van der Waals surface area contributed by atoms with Crippen LogP contribution < -0.4 is 10.6 Å². The Hall–Kier alpha value is -3.52. The van der Waals surface area contributed by atoms with Crippen molar-refractivity contribution in [2.75, 3.05) is 25.0 Å². The van der Waals surface area contributed by atoms with Crippen molar-refractivity contribution in [3.05, 3.63) is 65.2 Å². The topological polar surface area (TPSA) is 105 Å². The molecule has 2 aromatic carbocycles. The molecule has 2 aliphatic heterocycles. The van der Waals surface area contributed by atoms with E-state index >= 15 is 0 Å². The van der Waals surface area contributed by atoms with Crippen molar-refractivity contribution in [1.29, 1.82) is 0 Å². The van der Waals surface area contributed by atoms with Crippen LogP contribution in [0.2, 0.25) is 0 Å². The number of hydrogen-bond acceptors (Lipinski definition) is 5. The summed E-state index contributed by atoms with van der Waals surface area (Å²) in [7, 11) is 0. The molecule has 1 saturated heterocycles. The van der Waals surface area contributed by atoms with Gasteiger partial charge in [-0.05, 0) is 37.1 Å². The fraction of sp³-hybridized carbons (Fsp3) is 0.273. The van der Waals surface area contributed by atoms with E-state index in [1.54, 1.807) is 48.5 Å². The summed E-state index contributed by atoms with van der Waals surface area (Å²) in [6.07, 6.45) is 1.88. The van der Waals surface area contributed by atoms with Crippen molar-refractivity contribution < 1.29 is 23.9 Å². The second-order valence-corrected chi connectivity index (χ2v) is 7.18. The van der Waals surface area contributed by atoms with Gasteiger partial charge in [-0.1, -0.05) is 24.3 Å². The molecule has 1 unspecified atom stereocenters. The Morgan fingerprint density at radius 1 is 1.00 bits per heavy atom. The molecule has 1 atom stereocenters. The normalized spacial score (nSPS) is 17.7. The maximum Gasteiger partial charge on any atom is 0.262 e. The number of ether oxygens (including phenoxy) is 1. The number of amides is 4. The van der Waals surface area contributed by atoms with Crippen LogP contribution >= 0.6 is 0 Å². The molecule has 2 N–H and O–H groups in total. The summed E-state index contributed by atoms with van der Waals surface area (Å²) in [4.78, 5) is 50.9. The zero-order valence-electron chi connectivity index (χ0n) is 16.2. The quantitative estimate of drug-likeness (QED) is 0.711. The van der Waals surface area contributed by atoms with Crippen LogP contribution in [0.1, 0.15) is 43.9 Å². The standard InChI is InChI=1S/C22H21N3O5/c26-19(13-25-21(28)15-7-1-2-8-16(15)22(25)29)24-18-10-4-3-9-17(18)20(27)23-12-14-6-5-11-30-14/h1-4,7-10,14H,5-6,11-13H2,(H,23,27)(H,24,26). The summed E-state index contributed by atoms with van der Waals surface area (Å²) in [6, 6.07) is 13.0. The monoisotopic (exact) mass is 407 g/mol. The highest BCUT2D eigenvalue weighted by atomic mass is 16.5. The van der Waals surface area contributed by atoms with E-state index in [-0.39, 0.29) is 23.1 Å². The number of imide groups is 1. The number of hydrogen-bond donors (Lipinski definition) is 2. The predicted octanol–water partition coefficient (Wildman–Crippen LogP) is 1.83. The minimum Gasteiger partial charge on any atom is -0.376 e. The summed E-state index contributed by atoms with van der Waals surface area (Å²) in [6.45, 7) is 0.666. The lowest BCUT2D eigenvalue weighted by Gasteiger charge is -2.16. The van der Waals surface area contributed by atoms with E-state index < -0.39 is 24.3 Å². The van der Waals surface area contributed by atoms with Crippen LogP contribution in [0.25, 0.3) is 0 Å². The molecule has 2 aliphatic rings. The van der Waals surface area contributed by atoms with Gasteiger partial charge in [-0.15, -0.1) is 0 Å². The highest BCUT2D eigenvalue weighted by Gasteiger charge is 2.36. The van der Waals surface area contributed by atoms with Gasteiger partial charge in [0.15, 0.2) is 0 Å². The van der Waals surface area contributed by atoms with Crippen molar-refractivity contribution in [3.63, 3.8) is 0 Å².